The topological polar surface area (TPSA) is 77.5 Å². The Bertz CT molecular complexity index is 958. The molecule has 2 rings (SSSR count). The summed E-state index contributed by atoms with van der Waals surface area (Å²) in [6.07, 6.45) is 1.05. The summed E-state index contributed by atoms with van der Waals surface area (Å²) in [5, 5.41) is 0. The highest BCUT2D eigenvalue weighted by atomic mass is 32.2. The van der Waals surface area contributed by atoms with Crippen molar-refractivity contribution in [2.24, 2.45) is 0 Å². The molecule has 0 saturated heterocycles. The van der Waals surface area contributed by atoms with Crippen LogP contribution < -0.4 is 4.18 Å². The second kappa shape index (κ2) is 5.98. The molecule has 2 aromatic carbocycles. The van der Waals surface area contributed by atoms with E-state index in [1.165, 1.54) is 19.1 Å². The van der Waals surface area contributed by atoms with E-state index < -0.39 is 20.0 Å². The molecular weight excluding hydrogens is 336 g/mol. The van der Waals surface area contributed by atoms with E-state index in [0.29, 0.717) is 11.1 Å². The fourth-order valence-corrected chi connectivity index (χ4v) is 4.71. The molecule has 0 aliphatic rings. The van der Waals surface area contributed by atoms with Gasteiger partial charge >= 0.3 is 10.1 Å². The van der Waals surface area contributed by atoms with Crippen LogP contribution >= 0.6 is 0 Å². The van der Waals surface area contributed by atoms with Crippen molar-refractivity contribution in [3.8, 4) is 5.75 Å². The van der Waals surface area contributed by atoms with Gasteiger partial charge in [0.05, 0.1) is 4.90 Å². The zero-order valence-corrected chi connectivity index (χ0v) is 15.0. The lowest BCUT2D eigenvalue weighted by Gasteiger charge is -2.14. The maximum absolute atomic E-state index is 12.6. The van der Waals surface area contributed by atoms with Gasteiger partial charge in [-0.1, -0.05) is 18.2 Å². The van der Waals surface area contributed by atoms with Crippen molar-refractivity contribution in [2.45, 2.75) is 30.6 Å². The monoisotopic (exact) mass is 354 g/mol. The third-order valence-electron chi connectivity index (χ3n) is 3.42. The standard InChI is InChI=1S/C16H18O5S2/c1-11-9-15(22(4,17)18)13(3)16(10-11)23(19,20)21-14-8-6-5-7-12(14)2/h5-10H,1-4H3. The molecule has 23 heavy (non-hydrogen) atoms. The zero-order valence-electron chi connectivity index (χ0n) is 13.3. The van der Waals surface area contributed by atoms with E-state index in [9.17, 15) is 16.8 Å². The number of hydrogen-bond acceptors (Lipinski definition) is 5. The summed E-state index contributed by atoms with van der Waals surface area (Å²) in [5.41, 5.74) is 1.36. The van der Waals surface area contributed by atoms with Gasteiger partial charge in [0.1, 0.15) is 10.6 Å². The number of rotatable bonds is 4. The van der Waals surface area contributed by atoms with Gasteiger partial charge in [0.15, 0.2) is 9.84 Å². The molecule has 0 radical (unpaired) electrons. The van der Waals surface area contributed by atoms with Crippen LogP contribution in [-0.4, -0.2) is 23.1 Å². The summed E-state index contributed by atoms with van der Waals surface area (Å²) in [6, 6.07) is 9.60. The molecule has 0 unspecified atom stereocenters. The smallest absolute Gasteiger partial charge is 0.339 e. The van der Waals surface area contributed by atoms with Crippen LogP contribution in [0.2, 0.25) is 0 Å². The van der Waals surface area contributed by atoms with Crippen LogP contribution in [0.3, 0.4) is 0 Å². The summed E-state index contributed by atoms with van der Waals surface area (Å²) >= 11 is 0. The molecule has 0 aliphatic heterocycles. The van der Waals surface area contributed by atoms with Crippen LogP contribution in [0.25, 0.3) is 0 Å². The van der Waals surface area contributed by atoms with Crippen molar-refractivity contribution < 1.29 is 21.0 Å². The number of sulfone groups is 1. The Balaban J connectivity index is 2.62. The van der Waals surface area contributed by atoms with Crippen molar-refractivity contribution in [2.75, 3.05) is 6.26 Å². The molecule has 0 fully saturated rings. The first-order valence-electron chi connectivity index (χ1n) is 6.84. The van der Waals surface area contributed by atoms with E-state index in [2.05, 4.69) is 0 Å². The first kappa shape index (κ1) is 17.5. The third-order valence-corrected chi connectivity index (χ3v) is 6.00. The predicted octanol–water partition coefficient (Wildman–Crippen LogP) is 2.78. The highest BCUT2D eigenvalue weighted by Crippen LogP contribution is 2.28. The molecule has 0 bridgehead atoms. The molecule has 5 nitrogen and oxygen atoms in total. The van der Waals surface area contributed by atoms with E-state index >= 15 is 0 Å². The summed E-state index contributed by atoms with van der Waals surface area (Å²) in [6.45, 7) is 4.83. The molecule has 0 spiro atoms. The lowest BCUT2D eigenvalue weighted by molar-refractivity contribution is 0.483. The van der Waals surface area contributed by atoms with Crippen molar-refractivity contribution >= 4 is 20.0 Å². The van der Waals surface area contributed by atoms with Crippen LogP contribution in [0, 0.1) is 20.8 Å². The van der Waals surface area contributed by atoms with Gasteiger partial charge in [0, 0.05) is 6.26 Å². The number of aryl methyl sites for hydroxylation is 2. The molecule has 2 aromatic rings. The molecule has 0 amide bonds. The molecule has 0 N–H and O–H groups in total. The molecule has 124 valence electrons. The number of benzene rings is 2. The Labute approximate surface area is 137 Å². The Hall–Kier alpha value is -1.86. The van der Waals surface area contributed by atoms with Gasteiger partial charge in [0.25, 0.3) is 0 Å². The normalized spacial score (nSPS) is 12.2. The molecule has 0 aliphatic carbocycles. The first-order valence-corrected chi connectivity index (χ1v) is 10.1. The van der Waals surface area contributed by atoms with Gasteiger partial charge in [-0.05, 0) is 55.7 Å². The second-order valence-corrected chi connectivity index (χ2v) is 8.96. The quantitative estimate of drug-likeness (QED) is 0.789. The highest BCUT2D eigenvalue weighted by Gasteiger charge is 2.25. The minimum atomic E-state index is -4.14. The van der Waals surface area contributed by atoms with Crippen LogP contribution in [-0.2, 0) is 20.0 Å². The van der Waals surface area contributed by atoms with Crippen molar-refractivity contribution in [1.29, 1.82) is 0 Å². The van der Waals surface area contributed by atoms with E-state index in [1.54, 1.807) is 38.1 Å². The van der Waals surface area contributed by atoms with Gasteiger partial charge in [-0.15, -0.1) is 0 Å². The maximum atomic E-state index is 12.6. The number of hydrogen-bond donors (Lipinski definition) is 0. The number of para-hydroxylation sites is 1. The van der Waals surface area contributed by atoms with Crippen LogP contribution in [0.5, 0.6) is 5.75 Å². The largest absolute Gasteiger partial charge is 0.379 e. The van der Waals surface area contributed by atoms with Gasteiger partial charge in [-0.25, -0.2) is 8.42 Å². The van der Waals surface area contributed by atoms with Gasteiger partial charge in [-0.2, -0.15) is 8.42 Å². The van der Waals surface area contributed by atoms with Crippen LogP contribution in [0.15, 0.2) is 46.2 Å². The van der Waals surface area contributed by atoms with Gasteiger partial charge < -0.3 is 4.18 Å². The molecule has 0 heterocycles. The third kappa shape index (κ3) is 3.73. The summed E-state index contributed by atoms with van der Waals surface area (Å²) in [7, 11) is -7.68. The van der Waals surface area contributed by atoms with E-state index in [1.807, 2.05) is 0 Å². The Kier molecular flexibility index (Phi) is 4.54. The summed E-state index contributed by atoms with van der Waals surface area (Å²) in [5.74, 6) is 0.217. The van der Waals surface area contributed by atoms with Crippen molar-refractivity contribution in [3.05, 3.63) is 53.1 Å². The minimum absolute atomic E-state index is 0.00976. The first-order chi connectivity index (χ1) is 10.5. The summed E-state index contributed by atoms with van der Waals surface area (Å²) in [4.78, 5) is -0.148. The maximum Gasteiger partial charge on any atom is 0.339 e. The van der Waals surface area contributed by atoms with Gasteiger partial charge in [-0.3, -0.25) is 0 Å². The lowest BCUT2D eigenvalue weighted by Crippen LogP contribution is -2.14. The Morgan fingerprint density at radius 2 is 1.43 bits per heavy atom. The van der Waals surface area contributed by atoms with Gasteiger partial charge in [0.2, 0.25) is 0 Å². The van der Waals surface area contributed by atoms with E-state index in [0.717, 1.165) is 6.26 Å². The highest BCUT2D eigenvalue weighted by molar-refractivity contribution is 7.91. The fourth-order valence-electron chi connectivity index (χ4n) is 2.25. The summed E-state index contributed by atoms with van der Waals surface area (Å²) < 4.78 is 54.1. The van der Waals surface area contributed by atoms with Crippen LogP contribution in [0.1, 0.15) is 16.7 Å². The average Bonchev–Trinajstić information content (AvgIpc) is 2.42. The zero-order chi connectivity index (χ0) is 17.4. The van der Waals surface area contributed by atoms with Crippen molar-refractivity contribution in [3.63, 3.8) is 0 Å². The second-order valence-electron chi connectivity index (χ2n) is 5.46. The van der Waals surface area contributed by atoms with Crippen LogP contribution in [0.4, 0.5) is 0 Å². The molecule has 0 saturated carbocycles. The van der Waals surface area contributed by atoms with E-state index in [-0.39, 0.29) is 21.1 Å². The predicted molar refractivity (Wildman–Crippen MR) is 88.0 cm³/mol. The average molecular weight is 354 g/mol. The molecular formula is C16H18O5S2. The SMILES string of the molecule is Cc1cc(S(C)(=O)=O)c(C)c(S(=O)(=O)Oc2ccccc2C)c1. The lowest BCUT2D eigenvalue weighted by atomic mass is 10.2. The fraction of sp³-hybridized carbons (Fsp3) is 0.250. The van der Waals surface area contributed by atoms with E-state index in [4.69, 9.17) is 4.18 Å². The molecule has 7 heteroatoms. The van der Waals surface area contributed by atoms with Crippen molar-refractivity contribution in [1.82, 2.24) is 0 Å². The molecule has 0 aromatic heterocycles. The Morgan fingerprint density at radius 3 is 2.00 bits per heavy atom. The molecule has 0 atom stereocenters. The Morgan fingerprint density at radius 1 is 0.870 bits per heavy atom. The minimum Gasteiger partial charge on any atom is -0.379 e.